The van der Waals surface area contributed by atoms with Crippen LogP contribution in [-0.2, 0) is 11.2 Å². The van der Waals surface area contributed by atoms with Crippen molar-refractivity contribution in [3.63, 3.8) is 0 Å². The minimum Gasteiger partial charge on any atom is -0.339 e. The Bertz CT molecular complexity index is 637. The molecule has 0 saturated carbocycles. The highest BCUT2D eigenvalue weighted by molar-refractivity contribution is 5.91. The van der Waals surface area contributed by atoms with Crippen molar-refractivity contribution in [2.45, 2.75) is 12.8 Å². The predicted octanol–water partition coefficient (Wildman–Crippen LogP) is 3.19. The van der Waals surface area contributed by atoms with Gasteiger partial charge in [0.25, 0.3) is 0 Å². The van der Waals surface area contributed by atoms with Crippen molar-refractivity contribution >= 4 is 12.0 Å². The lowest BCUT2D eigenvalue weighted by Gasteiger charge is -2.14. The lowest BCUT2D eigenvalue weighted by molar-refractivity contribution is -0.125. The van der Waals surface area contributed by atoms with Crippen LogP contribution in [0.25, 0.3) is 6.08 Å². The first-order chi connectivity index (χ1) is 10.8. The van der Waals surface area contributed by atoms with Crippen LogP contribution in [-0.4, -0.2) is 28.9 Å². The summed E-state index contributed by atoms with van der Waals surface area (Å²) in [5.74, 6) is 0.664. The van der Waals surface area contributed by atoms with Crippen LogP contribution in [0.2, 0.25) is 0 Å². The molecular weight excluding hydrogens is 272 g/mol. The molecule has 1 unspecified atom stereocenters. The van der Waals surface area contributed by atoms with Crippen LogP contribution in [0.3, 0.4) is 0 Å². The number of carbonyl (C=O) groups is 1. The summed E-state index contributed by atoms with van der Waals surface area (Å²) in [6, 6.07) is 14.3. The average molecular weight is 292 g/mol. The van der Waals surface area contributed by atoms with Gasteiger partial charge in [-0.25, -0.2) is 0 Å². The summed E-state index contributed by atoms with van der Waals surface area (Å²) in [5.41, 5.74) is 2.31. The van der Waals surface area contributed by atoms with E-state index in [9.17, 15) is 4.79 Å². The zero-order valence-corrected chi connectivity index (χ0v) is 12.6. The van der Waals surface area contributed by atoms with Gasteiger partial charge in [-0.3, -0.25) is 9.78 Å². The smallest absolute Gasteiger partial charge is 0.246 e. The molecule has 0 N–H and O–H groups in total. The van der Waals surface area contributed by atoms with Crippen LogP contribution >= 0.6 is 0 Å². The van der Waals surface area contributed by atoms with E-state index in [2.05, 4.69) is 29.2 Å². The van der Waals surface area contributed by atoms with Gasteiger partial charge in [-0.05, 0) is 42.0 Å². The van der Waals surface area contributed by atoms with E-state index < -0.39 is 0 Å². The molecule has 112 valence electrons. The number of benzene rings is 1. The average Bonchev–Trinajstić information content (AvgIpc) is 3.03. The zero-order valence-electron chi connectivity index (χ0n) is 12.6. The molecule has 1 saturated heterocycles. The number of hydrogen-bond donors (Lipinski definition) is 0. The summed E-state index contributed by atoms with van der Waals surface area (Å²) in [6.45, 7) is 1.71. The fourth-order valence-corrected chi connectivity index (χ4v) is 2.89. The van der Waals surface area contributed by atoms with E-state index in [1.54, 1.807) is 18.5 Å². The molecule has 2 heterocycles. The van der Waals surface area contributed by atoms with E-state index in [0.29, 0.717) is 5.92 Å². The molecule has 3 nitrogen and oxygen atoms in total. The van der Waals surface area contributed by atoms with E-state index in [1.165, 1.54) is 5.56 Å². The minimum absolute atomic E-state index is 0.0967. The van der Waals surface area contributed by atoms with Gasteiger partial charge in [-0.2, -0.15) is 0 Å². The standard InChI is InChI=1S/C19H20N2O/c22-19(9-8-17-7-4-11-20-14-17)21-12-10-18(15-21)13-16-5-2-1-3-6-16/h1-9,11,14,18H,10,12-13,15H2/b9-8+. The number of hydrogen-bond acceptors (Lipinski definition) is 2. The van der Waals surface area contributed by atoms with Gasteiger partial charge in [0, 0.05) is 31.6 Å². The monoisotopic (exact) mass is 292 g/mol. The van der Waals surface area contributed by atoms with Gasteiger partial charge in [-0.15, -0.1) is 0 Å². The third-order valence-corrected chi connectivity index (χ3v) is 4.07. The van der Waals surface area contributed by atoms with Gasteiger partial charge in [0.1, 0.15) is 0 Å². The van der Waals surface area contributed by atoms with E-state index >= 15 is 0 Å². The summed E-state index contributed by atoms with van der Waals surface area (Å²) in [7, 11) is 0. The summed E-state index contributed by atoms with van der Waals surface area (Å²) in [4.78, 5) is 18.2. The van der Waals surface area contributed by atoms with Crippen molar-refractivity contribution in [1.29, 1.82) is 0 Å². The lowest BCUT2D eigenvalue weighted by Crippen LogP contribution is -2.27. The van der Waals surface area contributed by atoms with Crippen molar-refractivity contribution < 1.29 is 4.79 Å². The Labute approximate surface area is 131 Å². The number of likely N-dealkylation sites (tertiary alicyclic amines) is 1. The van der Waals surface area contributed by atoms with Crippen LogP contribution in [0, 0.1) is 5.92 Å². The van der Waals surface area contributed by atoms with Gasteiger partial charge in [0.15, 0.2) is 0 Å². The Morgan fingerprint density at radius 2 is 2.09 bits per heavy atom. The quantitative estimate of drug-likeness (QED) is 0.811. The van der Waals surface area contributed by atoms with Gasteiger partial charge in [-0.1, -0.05) is 36.4 Å². The molecule has 1 aliphatic rings. The molecule has 2 aromatic rings. The summed E-state index contributed by atoms with van der Waals surface area (Å²) in [6.07, 6.45) is 9.11. The highest BCUT2D eigenvalue weighted by Gasteiger charge is 2.24. The molecule has 0 radical (unpaired) electrons. The van der Waals surface area contributed by atoms with E-state index in [0.717, 1.165) is 31.5 Å². The Morgan fingerprint density at radius 3 is 2.86 bits per heavy atom. The molecule has 1 amide bonds. The molecule has 3 heteroatoms. The maximum absolute atomic E-state index is 12.2. The number of pyridine rings is 1. The maximum atomic E-state index is 12.2. The second kappa shape index (κ2) is 7.03. The molecule has 0 spiro atoms. The van der Waals surface area contributed by atoms with Gasteiger partial charge >= 0.3 is 0 Å². The summed E-state index contributed by atoms with van der Waals surface area (Å²) >= 11 is 0. The summed E-state index contributed by atoms with van der Waals surface area (Å²) < 4.78 is 0. The first-order valence-electron chi connectivity index (χ1n) is 7.72. The molecule has 0 aliphatic carbocycles. The van der Waals surface area contributed by atoms with Gasteiger partial charge < -0.3 is 4.90 Å². The van der Waals surface area contributed by atoms with Crippen molar-refractivity contribution in [3.8, 4) is 0 Å². The molecule has 1 atom stereocenters. The molecule has 1 fully saturated rings. The summed E-state index contributed by atoms with van der Waals surface area (Å²) in [5, 5.41) is 0. The normalized spacial score (nSPS) is 18.0. The van der Waals surface area contributed by atoms with Crippen molar-refractivity contribution in [1.82, 2.24) is 9.88 Å². The largest absolute Gasteiger partial charge is 0.339 e. The fourth-order valence-electron chi connectivity index (χ4n) is 2.89. The van der Waals surface area contributed by atoms with Crippen LogP contribution in [0.15, 0.2) is 60.9 Å². The van der Waals surface area contributed by atoms with Crippen LogP contribution in [0.5, 0.6) is 0 Å². The second-order valence-corrected chi connectivity index (χ2v) is 5.75. The van der Waals surface area contributed by atoms with Crippen LogP contribution in [0.4, 0.5) is 0 Å². The number of aromatic nitrogens is 1. The predicted molar refractivity (Wildman–Crippen MR) is 88.1 cm³/mol. The van der Waals surface area contributed by atoms with Gasteiger partial charge in [0.05, 0.1) is 0 Å². The molecule has 22 heavy (non-hydrogen) atoms. The van der Waals surface area contributed by atoms with Crippen molar-refractivity contribution in [3.05, 3.63) is 72.1 Å². The molecule has 1 aromatic heterocycles. The maximum Gasteiger partial charge on any atom is 0.246 e. The highest BCUT2D eigenvalue weighted by atomic mass is 16.2. The highest BCUT2D eigenvalue weighted by Crippen LogP contribution is 2.21. The Hall–Kier alpha value is -2.42. The molecule has 0 bridgehead atoms. The first kappa shape index (κ1) is 14.5. The SMILES string of the molecule is O=C(/C=C/c1cccnc1)N1CCC(Cc2ccccc2)C1. The number of carbonyl (C=O) groups excluding carboxylic acids is 1. The van der Waals surface area contributed by atoms with Crippen LogP contribution < -0.4 is 0 Å². The van der Waals surface area contributed by atoms with E-state index in [4.69, 9.17) is 0 Å². The van der Waals surface area contributed by atoms with Crippen molar-refractivity contribution in [2.24, 2.45) is 5.92 Å². The van der Waals surface area contributed by atoms with E-state index in [-0.39, 0.29) is 5.91 Å². The zero-order chi connectivity index (χ0) is 15.2. The van der Waals surface area contributed by atoms with Crippen molar-refractivity contribution in [2.75, 3.05) is 13.1 Å². The Kier molecular flexibility index (Phi) is 4.64. The molecule has 1 aliphatic heterocycles. The third kappa shape index (κ3) is 3.82. The Morgan fingerprint density at radius 1 is 1.23 bits per heavy atom. The molecule has 1 aromatic carbocycles. The number of nitrogens with zero attached hydrogens (tertiary/aromatic N) is 2. The second-order valence-electron chi connectivity index (χ2n) is 5.75. The van der Waals surface area contributed by atoms with Gasteiger partial charge in [0.2, 0.25) is 5.91 Å². The number of rotatable bonds is 4. The first-order valence-corrected chi connectivity index (χ1v) is 7.72. The number of amides is 1. The van der Waals surface area contributed by atoms with E-state index in [1.807, 2.05) is 29.2 Å². The molecular formula is C19H20N2O. The Balaban J connectivity index is 1.54. The fraction of sp³-hybridized carbons (Fsp3) is 0.263. The topological polar surface area (TPSA) is 33.2 Å². The lowest BCUT2D eigenvalue weighted by atomic mass is 9.99. The van der Waals surface area contributed by atoms with Crippen LogP contribution in [0.1, 0.15) is 17.5 Å². The third-order valence-electron chi connectivity index (χ3n) is 4.07. The molecule has 3 rings (SSSR count). The minimum atomic E-state index is 0.0967.